The molecule has 0 unspecified atom stereocenters. The quantitative estimate of drug-likeness (QED) is 0.0228. The lowest BCUT2D eigenvalue weighted by Gasteiger charge is -2.41. The van der Waals surface area contributed by atoms with Crippen LogP contribution in [-0.4, -0.2) is 170 Å². The predicted molar refractivity (Wildman–Crippen MR) is 352 cm³/mol. The number of nitrogens with zero attached hydrogens (tertiary/aromatic N) is 4. The number of thiazole rings is 1. The van der Waals surface area contributed by atoms with Gasteiger partial charge in [-0.3, -0.25) is 38.5 Å². The van der Waals surface area contributed by atoms with Crippen LogP contribution in [0.3, 0.4) is 0 Å². The molecule has 0 bridgehead atoms. The van der Waals surface area contributed by atoms with Gasteiger partial charge in [-0.05, 0) is 91.9 Å². The molecule has 92 heavy (non-hydrogen) atoms. The van der Waals surface area contributed by atoms with Crippen LogP contribution in [-0.2, 0) is 65.6 Å². The molecule has 0 radical (unpaired) electrons. The minimum atomic E-state index is -1.07. The molecule has 10 N–H and O–H groups in total. The number of benzene rings is 2. The van der Waals surface area contributed by atoms with Gasteiger partial charge in [0.2, 0.25) is 41.4 Å². The van der Waals surface area contributed by atoms with E-state index in [1.54, 1.807) is 82.1 Å². The van der Waals surface area contributed by atoms with Crippen molar-refractivity contribution < 1.29 is 62.2 Å². The molecule has 10 amide bonds. The molecular formula is C66H104N12O13S. The summed E-state index contributed by atoms with van der Waals surface area (Å²) >= 11 is 1.47. The predicted octanol–water partition coefficient (Wildman–Crippen LogP) is 6.36. The van der Waals surface area contributed by atoms with E-state index >= 15 is 0 Å². The van der Waals surface area contributed by atoms with Gasteiger partial charge in [0.15, 0.2) is 0 Å². The molecule has 1 fully saturated rings. The molecule has 1 aliphatic heterocycles. The molecule has 4 rings (SSSR count). The summed E-state index contributed by atoms with van der Waals surface area (Å²) in [4.78, 5) is 137. The third-order valence-corrected chi connectivity index (χ3v) is 17.9. The molecule has 1 aromatic heterocycles. The summed E-state index contributed by atoms with van der Waals surface area (Å²) in [7, 11) is 6.18. The number of likely N-dealkylation sites (N-methyl/N-ethyl adjacent to an activating group) is 2. The van der Waals surface area contributed by atoms with E-state index < -0.39 is 102 Å². The highest BCUT2D eigenvalue weighted by atomic mass is 32.1. The fourth-order valence-corrected chi connectivity index (χ4v) is 12.4. The molecule has 11 atom stereocenters. The Morgan fingerprint density at radius 2 is 1.43 bits per heavy atom. The highest BCUT2D eigenvalue weighted by Crippen LogP contribution is 2.31. The van der Waals surface area contributed by atoms with Gasteiger partial charge < -0.3 is 66.5 Å². The van der Waals surface area contributed by atoms with E-state index in [9.17, 15) is 43.2 Å². The van der Waals surface area contributed by atoms with Gasteiger partial charge in [0.05, 0.1) is 49.3 Å². The van der Waals surface area contributed by atoms with Crippen molar-refractivity contribution in [2.45, 2.75) is 194 Å². The van der Waals surface area contributed by atoms with Crippen LogP contribution in [0, 0.1) is 29.6 Å². The Kier molecular flexibility index (Phi) is 33.0. The lowest BCUT2D eigenvalue weighted by atomic mass is 9.89. The summed E-state index contributed by atoms with van der Waals surface area (Å²) in [6, 6.07) is 10.1. The number of aromatic nitrogens is 1. The number of nitrogens with two attached hydrogens (primary N) is 2. The summed E-state index contributed by atoms with van der Waals surface area (Å²) in [6.07, 6.45) is 4.53. The number of methoxy groups -OCH3 is 2. The molecule has 26 heteroatoms. The maximum Gasteiger partial charge on any atom is 0.410 e. The zero-order valence-electron chi connectivity index (χ0n) is 56.2. The van der Waals surface area contributed by atoms with E-state index in [2.05, 4.69) is 41.7 Å². The molecule has 2 aromatic carbocycles. The first-order chi connectivity index (χ1) is 43.8. The van der Waals surface area contributed by atoms with Crippen molar-refractivity contribution in [2.24, 2.45) is 41.2 Å². The number of carbonyl (C=O) groups excluding carboxylic acids is 9. The number of primary amides is 1. The highest BCUT2D eigenvalue weighted by molar-refractivity contribution is 7.09. The topological polar surface area (TPSA) is 337 Å². The fourth-order valence-electron chi connectivity index (χ4n) is 11.7. The van der Waals surface area contributed by atoms with Crippen molar-refractivity contribution in [3.8, 4) is 0 Å². The molecule has 1 aliphatic rings. The third kappa shape index (κ3) is 23.7. The summed E-state index contributed by atoms with van der Waals surface area (Å²) in [5.41, 5.74) is 7.20. The van der Waals surface area contributed by atoms with Gasteiger partial charge in [-0.25, -0.2) is 20.5 Å². The zero-order chi connectivity index (χ0) is 68.2. The Morgan fingerprint density at radius 1 is 0.750 bits per heavy atom. The molecule has 0 spiro atoms. The number of rotatable bonds is 39. The number of carbonyl (C=O) groups is 9. The number of likely N-dealkylation sites (tertiary alicyclic amines) is 1. The van der Waals surface area contributed by atoms with E-state index in [1.807, 2.05) is 70.3 Å². The number of amides is 10. The van der Waals surface area contributed by atoms with Gasteiger partial charge in [-0.15, -0.1) is 11.3 Å². The van der Waals surface area contributed by atoms with Crippen LogP contribution in [0.15, 0.2) is 66.2 Å². The highest BCUT2D eigenvalue weighted by Gasteiger charge is 2.44. The molecule has 512 valence electrons. The normalized spacial score (nSPS) is 16.4. The number of hydrogen-bond donors (Lipinski definition) is 8. The van der Waals surface area contributed by atoms with Gasteiger partial charge in [-0.2, -0.15) is 0 Å². The van der Waals surface area contributed by atoms with Crippen LogP contribution in [0.4, 0.5) is 15.3 Å². The van der Waals surface area contributed by atoms with Crippen molar-refractivity contribution >= 4 is 70.5 Å². The second-order valence-corrected chi connectivity index (χ2v) is 25.9. The van der Waals surface area contributed by atoms with Crippen LogP contribution in [0.2, 0.25) is 0 Å². The number of hydrogen-bond acceptors (Lipinski definition) is 16. The number of nitrogens with one attached hydrogen (secondary N) is 6. The molecule has 3 aromatic rings. The van der Waals surface area contributed by atoms with Gasteiger partial charge in [0.1, 0.15) is 35.8 Å². The molecular weight excluding hydrogens is 1200 g/mol. The van der Waals surface area contributed by atoms with Crippen LogP contribution in [0.25, 0.3) is 0 Å². The minimum Gasteiger partial charge on any atom is -0.445 e. The monoisotopic (exact) mass is 1300 g/mol. The van der Waals surface area contributed by atoms with Crippen LogP contribution in [0.1, 0.15) is 149 Å². The number of urea groups is 1. The van der Waals surface area contributed by atoms with Gasteiger partial charge in [0, 0.05) is 65.1 Å². The van der Waals surface area contributed by atoms with E-state index in [4.69, 9.17) is 25.8 Å². The fraction of sp³-hybridized carbons (Fsp3) is 0.636. The summed E-state index contributed by atoms with van der Waals surface area (Å²) < 4.78 is 17.9. The van der Waals surface area contributed by atoms with Crippen LogP contribution < -0.4 is 43.5 Å². The first-order valence-electron chi connectivity index (χ1n) is 32.2. The first-order valence-corrected chi connectivity index (χ1v) is 33.1. The lowest BCUT2D eigenvalue weighted by molar-refractivity contribution is -0.148. The Bertz CT molecular complexity index is 2800. The number of ether oxygens (including phenoxy) is 3. The summed E-state index contributed by atoms with van der Waals surface area (Å²) in [5.74, 6) is 0.303. The number of unbranched alkanes of at least 4 members (excludes halogenated alkanes) is 2. The van der Waals surface area contributed by atoms with Crippen LogP contribution in [0.5, 0.6) is 0 Å². The molecule has 0 aliphatic carbocycles. The van der Waals surface area contributed by atoms with E-state index in [0.29, 0.717) is 69.3 Å². The van der Waals surface area contributed by atoms with Gasteiger partial charge in [-0.1, -0.05) is 118 Å². The van der Waals surface area contributed by atoms with E-state index in [0.717, 1.165) is 10.6 Å². The standard InChI is InChI=1S/C66H104N12O13S/c1-14-43(8)57(51(88-12)38-53(80)78-34-22-26-50(78)58(89-13)44(9)59(81)73-49(63-69-33-36-92-63)37-45-23-17-15-18-24-45)76(10)64(85)55(41(4)5)75-62(84)56(42(6)7)77(11)66(87)90-39-46-28-30-47(31-29-46)71-60(82)48(25-21-32-70-65(67)86)72-61(83)54(40(2)3)74-52(79)27-19-16-20-35-91-68/h15,17-18,23-24,28-31,33,36,40-44,48-51,54-58H,14,16,19-22,25-27,32,34-35,37-39,68H2,1-13H3,(H,71,82)(H,72,83)(H,73,81)(H,74,79)(H,75,84)(H3,67,70,86)/t43-,44+,48-,49-,50-,51+,54-,55-,56-,57-,58+/m0/s1. The number of anilines is 1. The van der Waals surface area contributed by atoms with Crippen molar-refractivity contribution in [2.75, 3.05) is 53.3 Å². The van der Waals surface area contributed by atoms with Crippen LogP contribution >= 0.6 is 11.3 Å². The second kappa shape index (κ2) is 39.3. The largest absolute Gasteiger partial charge is 0.445 e. The van der Waals surface area contributed by atoms with Crippen molar-refractivity contribution in [1.82, 2.24) is 46.3 Å². The Hall–Kier alpha value is -7.26. The Balaban J connectivity index is 1.40. The third-order valence-electron chi connectivity index (χ3n) is 17.1. The van der Waals surface area contributed by atoms with Gasteiger partial charge in [0.25, 0.3) is 0 Å². The smallest absolute Gasteiger partial charge is 0.410 e. The molecule has 25 nitrogen and oxygen atoms in total. The lowest BCUT2D eigenvalue weighted by Crippen LogP contribution is -2.60. The van der Waals surface area contributed by atoms with Crippen molar-refractivity contribution in [3.63, 3.8) is 0 Å². The average Bonchev–Trinajstić information content (AvgIpc) is 1.35. The molecule has 2 heterocycles. The van der Waals surface area contributed by atoms with Crippen molar-refractivity contribution in [3.05, 3.63) is 82.3 Å². The Morgan fingerprint density at radius 3 is 2.02 bits per heavy atom. The maximum absolute atomic E-state index is 14.9. The van der Waals surface area contributed by atoms with E-state index in [-0.39, 0.29) is 74.4 Å². The maximum atomic E-state index is 14.9. The Labute approximate surface area is 547 Å². The molecule has 1 saturated heterocycles. The second-order valence-electron chi connectivity index (χ2n) is 24.9. The first kappa shape index (κ1) is 77.2. The average molecular weight is 1310 g/mol. The SMILES string of the molecule is CC[C@H](C)[C@@H]([C@@H](CC(=O)N1CCC[C@H]1[C@H](OC)[C@@H](C)C(=O)N[C@@H](Cc1ccccc1)c1nccs1)OC)N(C)C(=O)[C@@H](NC(=O)[C@H](C(C)C)N(C)C(=O)OCc1ccc(NC(=O)[C@H](CCCNC(N)=O)NC(=O)[C@@H](NC(=O)CCCCCON)C(C)C)cc1)C(C)C. The zero-order valence-corrected chi connectivity index (χ0v) is 57.0. The van der Waals surface area contributed by atoms with Crippen molar-refractivity contribution in [1.29, 1.82) is 0 Å². The van der Waals surface area contributed by atoms with Gasteiger partial charge >= 0.3 is 12.1 Å². The molecule has 0 saturated carbocycles. The summed E-state index contributed by atoms with van der Waals surface area (Å²) in [6.45, 7) is 17.3. The minimum absolute atomic E-state index is 0.0683. The van der Waals surface area contributed by atoms with E-state index in [1.165, 1.54) is 30.4 Å². The summed E-state index contributed by atoms with van der Waals surface area (Å²) in [5, 5.41) is 19.7.